The van der Waals surface area contributed by atoms with E-state index in [1.807, 2.05) is 6.92 Å². The minimum absolute atomic E-state index is 0. The second-order valence-electron chi connectivity index (χ2n) is 0.644. The van der Waals surface area contributed by atoms with Gasteiger partial charge >= 0.3 is 0 Å². The van der Waals surface area contributed by atoms with Crippen LogP contribution in [0.2, 0.25) is 0 Å². The summed E-state index contributed by atoms with van der Waals surface area (Å²) in [6.45, 7) is 6.90. The van der Waals surface area contributed by atoms with Gasteiger partial charge in [0, 0.05) is 17.1 Å². The van der Waals surface area contributed by atoms with Gasteiger partial charge in [0.05, 0.1) is 0 Å². The molecule has 0 N–H and O–H groups in total. The summed E-state index contributed by atoms with van der Waals surface area (Å²) in [7, 11) is 0. The van der Waals surface area contributed by atoms with Gasteiger partial charge < -0.3 is 6.58 Å². The average molecular weight is 110 g/mol. The van der Waals surface area contributed by atoms with E-state index in [9.17, 15) is 0 Å². The summed E-state index contributed by atoms with van der Waals surface area (Å²) >= 11 is 0. The van der Waals surface area contributed by atoms with Crippen molar-refractivity contribution < 1.29 is 17.1 Å². The zero-order valence-corrected chi connectivity index (χ0v) is 4.42. The Hall–Kier alpha value is 0.259. The number of hydrogen-bond acceptors (Lipinski definition) is 0. The SMILES string of the molecule is [CH-]=CCC.[Mn]. The number of rotatable bonds is 1. The molecular formula is C4H7Mn-. The van der Waals surface area contributed by atoms with Crippen molar-refractivity contribution >= 4 is 0 Å². The molecule has 0 aliphatic heterocycles. The molecule has 0 heterocycles. The van der Waals surface area contributed by atoms with Crippen LogP contribution in [0.1, 0.15) is 13.3 Å². The smallest absolute Gasteiger partial charge is 0 e. The summed E-state index contributed by atoms with van der Waals surface area (Å²) in [5, 5.41) is 0. The van der Waals surface area contributed by atoms with Crippen molar-refractivity contribution in [1.82, 2.24) is 0 Å². The summed E-state index contributed by atoms with van der Waals surface area (Å²) in [6, 6.07) is 0. The Morgan fingerprint density at radius 3 is 2.00 bits per heavy atom. The van der Waals surface area contributed by atoms with E-state index < -0.39 is 0 Å². The minimum atomic E-state index is 0. The molecule has 0 aromatic rings. The molecule has 0 aliphatic rings. The van der Waals surface area contributed by atoms with Gasteiger partial charge in [-0.2, -0.15) is 0 Å². The van der Waals surface area contributed by atoms with Gasteiger partial charge in [-0.25, -0.2) is 0 Å². The van der Waals surface area contributed by atoms with Crippen molar-refractivity contribution in [3.8, 4) is 0 Å². The van der Waals surface area contributed by atoms with Crippen molar-refractivity contribution in [2.24, 2.45) is 0 Å². The topological polar surface area (TPSA) is 0 Å². The van der Waals surface area contributed by atoms with E-state index in [0.29, 0.717) is 0 Å². The fourth-order valence-corrected chi connectivity index (χ4v) is 0. The van der Waals surface area contributed by atoms with Gasteiger partial charge in [-0.3, -0.25) is 6.08 Å². The molecule has 0 bridgehead atoms. The summed E-state index contributed by atoms with van der Waals surface area (Å²) < 4.78 is 0. The molecule has 0 aromatic carbocycles. The standard InChI is InChI=1S/C4H7.Mn/c1-3-4-2;/h1,3H,4H2,2H3;/q-1;. The number of hydrogen-bond donors (Lipinski definition) is 0. The fraction of sp³-hybridized carbons (Fsp3) is 0.500. The van der Waals surface area contributed by atoms with Gasteiger partial charge in [0.1, 0.15) is 0 Å². The second kappa shape index (κ2) is 8.86. The molecular weight excluding hydrogens is 103 g/mol. The first-order valence-corrected chi connectivity index (χ1v) is 1.45. The molecule has 1 heteroatoms. The van der Waals surface area contributed by atoms with E-state index in [1.54, 1.807) is 6.08 Å². The summed E-state index contributed by atoms with van der Waals surface area (Å²) in [5.41, 5.74) is 0. The van der Waals surface area contributed by atoms with Crippen LogP contribution < -0.4 is 0 Å². The molecule has 1 radical (unpaired) electrons. The van der Waals surface area contributed by atoms with E-state index in [0.717, 1.165) is 6.42 Å². The zero-order chi connectivity index (χ0) is 3.41. The van der Waals surface area contributed by atoms with Crippen LogP contribution in [0.25, 0.3) is 0 Å². The Bertz CT molecular complexity index is 17.6. The fourth-order valence-electron chi connectivity index (χ4n) is 0. The summed E-state index contributed by atoms with van der Waals surface area (Å²) in [4.78, 5) is 0. The van der Waals surface area contributed by atoms with Crippen molar-refractivity contribution in [1.29, 1.82) is 0 Å². The normalized spacial score (nSPS) is 5.00. The molecule has 0 atom stereocenters. The van der Waals surface area contributed by atoms with Crippen LogP contribution in [0.4, 0.5) is 0 Å². The van der Waals surface area contributed by atoms with Crippen LogP contribution in [0.3, 0.4) is 0 Å². The molecule has 0 aromatic heterocycles. The van der Waals surface area contributed by atoms with Gasteiger partial charge in [0.25, 0.3) is 0 Å². The number of allylic oxidation sites excluding steroid dienone is 1. The Morgan fingerprint density at radius 1 is 1.80 bits per heavy atom. The van der Waals surface area contributed by atoms with E-state index in [2.05, 4.69) is 0 Å². The van der Waals surface area contributed by atoms with Gasteiger partial charge in [-0.15, -0.1) is 0 Å². The molecule has 0 fully saturated rings. The quantitative estimate of drug-likeness (QED) is 0.353. The van der Waals surface area contributed by atoms with Crippen LogP contribution in [-0.2, 0) is 17.1 Å². The van der Waals surface area contributed by atoms with Crippen molar-refractivity contribution in [2.45, 2.75) is 13.3 Å². The van der Waals surface area contributed by atoms with Crippen LogP contribution in [-0.4, -0.2) is 0 Å². The third-order valence-electron chi connectivity index (χ3n) is 0.236. The van der Waals surface area contributed by atoms with Crippen LogP contribution in [0.5, 0.6) is 0 Å². The van der Waals surface area contributed by atoms with Crippen LogP contribution >= 0.6 is 0 Å². The monoisotopic (exact) mass is 110 g/mol. The van der Waals surface area contributed by atoms with E-state index >= 15 is 0 Å². The molecule has 0 rings (SSSR count). The van der Waals surface area contributed by atoms with Crippen molar-refractivity contribution in [3.05, 3.63) is 12.7 Å². The Kier molecular flexibility index (Phi) is 15.9. The first-order chi connectivity index (χ1) is 1.91. The molecule has 5 heavy (non-hydrogen) atoms. The minimum Gasteiger partial charge on any atom is -0.518 e. The zero-order valence-electron chi connectivity index (χ0n) is 3.24. The van der Waals surface area contributed by atoms with Crippen LogP contribution in [0.15, 0.2) is 6.08 Å². The molecule has 0 unspecified atom stereocenters. The molecule has 0 aliphatic carbocycles. The predicted octanol–water partition coefficient (Wildman–Crippen LogP) is 1.38. The van der Waals surface area contributed by atoms with E-state index in [-0.39, 0.29) is 17.1 Å². The Morgan fingerprint density at radius 2 is 2.00 bits per heavy atom. The first kappa shape index (κ1) is 8.98. The van der Waals surface area contributed by atoms with Gasteiger partial charge in [0.15, 0.2) is 0 Å². The Labute approximate surface area is 43.7 Å². The van der Waals surface area contributed by atoms with Crippen molar-refractivity contribution in [2.75, 3.05) is 0 Å². The third kappa shape index (κ3) is 13.7. The van der Waals surface area contributed by atoms with Crippen molar-refractivity contribution in [3.63, 3.8) is 0 Å². The predicted molar refractivity (Wildman–Crippen MR) is 19.2 cm³/mol. The van der Waals surface area contributed by atoms with Gasteiger partial charge in [0.2, 0.25) is 0 Å². The second-order valence-corrected chi connectivity index (χ2v) is 0.644. The molecule has 0 amide bonds. The first-order valence-electron chi connectivity index (χ1n) is 1.45. The average Bonchev–Trinajstić information content (AvgIpc) is 1.37. The molecule has 0 spiro atoms. The largest absolute Gasteiger partial charge is 0.518 e. The molecule has 31 valence electrons. The Balaban J connectivity index is 0. The maximum atomic E-state index is 4.90. The van der Waals surface area contributed by atoms with Gasteiger partial charge in [-0.05, 0) is 0 Å². The van der Waals surface area contributed by atoms with Gasteiger partial charge in [-0.1, -0.05) is 13.3 Å². The molecule has 0 saturated heterocycles. The van der Waals surface area contributed by atoms with E-state index in [4.69, 9.17) is 6.58 Å². The third-order valence-corrected chi connectivity index (χ3v) is 0.236. The maximum Gasteiger partial charge on any atom is 0 e. The molecule has 0 nitrogen and oxygen atoms in total. The maximum absolute atomic E-state index is 4.90. The molecule has 0 saturated carbocycles. The summed E-state index contributed by atoms with van der Waals surface area (Å²) in [6.07, 6.45) is 2.60. The van der Waals surface area contributed by atoms with Crippen LogP contribution in [0, 0.1) is 6.58 Å². The van der Waals surface area contributed by atoms with E-state index in [1.165, 1.54) is 0 Å². The summed E-state index contributed by atoms with van der Waals surface area (Å²) in [5.74, 6) is 0.